The highest BCUT2D eigenvalue weighted by atomic mass is 16.5. The predicted octanol–water partition coefficient (Wildman–Crippen LogP) is 1.02. The van der Waals surface area contributed by atoms with Crippen molar-refractivity contribution in [1.29, 1.82) is 0 Å². The quantitative estimate of drug-likeness (QED) is 0.605. The molecule has 0 spiro atoms. The van der Waals surface area contributed by atoms with Crippen molar-refractivity contribution >= 4 is 0 Å². The standard InChI is InChI=1S/C13H23N3O3/c1-3-14-9-12-10-16-13(11-15-12)19-6-4-5-18-8-7-17-2/h10-11,14H,3-9H2,1-2H3. The molecular formula is C13H23N3O3. The van der Waals surface area contributed by atoms with Crippen LogP contribution >= 0.6 is 0 Å². The molecule has 1 N–H and O–H groups in total. The molecular weight excluding hydrogens is 246 g/mol. The van der Waals surface area contributed by atoms with Crippen LogP contribution in [0.4, 0.5) is 0 Å². The normalized spacial score (nSPS) is 10.6. The van der Waals surface area contributed by atoms with Gasteiger partial charge in [-0.2, -0.15) is 0 Å². The summed E-state index contributed by atoms with van der Waals surface area (Å²) in [4.78, 5) is 8.45. The molecule has 1 heterocycles. The molecule has 0 aliphatic carbocycles. The Morgan fingerprint density at radius 1 is 1.11 bits per heavy atom. The van der Waals surface area contributed by atoms with Gasteiger partial charge in [0.05, 0.1) is 37.9 Å². The van der Waals surface area contributed by atoms with E-state index in [1.807, 2.05) is 0 Å². The highest BCUT2D eigenvalue weighted by Crippen LogP contribution is 2.04. The van der Waals surface area contributed by atoms with Crippen molar-refractivity contribution in [3.63, 3.8) is 0 Å². The maximum atomic E-state index is 5.47. The van der Waals surface area contributed by atoms with Crippen molar-refractivity contribution < 1.29 is 14.2 Å². The van der Waals surface area contributed by atoms with Gasteiger partial charge < -0.3 is 19.5 Å². The summed E-state index contributed by atoms with van der Waals surface area (Å²) in [5, 5.41) is 3.19. The summed E-state index contributed by atoms with van der Waals surface area (Å²) >= 11 is 0. The van der Waals surface area contributed by atoms with Crippen LogP contribution in [0.5, 0.6) is 5.88 Å². The smallest absolute Gasteiger partial charge is 0.232 e. The molecule has 0 atom stereocenters. The Kier molecular flexibility index (Phi) is 8.87. The van der Waals surface area contributed by atoms with Crippen LogP contribution in [-0.4, -0.2) is 50.1 Å². The Bertz CT molecular complexity index is 319. The van der Waals surface area contributed by atoms with Gasteiger partial charge in [-0.25, -0.2) is 4.98 Å². The van der Waals surface area contributed by atoms with E-state index >= 15 is 0 Å². The Morgan fingerprint density at radius 2 is 2.00 bits per heavy atom. The van der Waals surface area contributed by atoms with E-state index < -0.39 is 0 Å². The van der Waals surface area contributed by atoms with E-state index in [4.69, 9.17) is 14.2 Å². The fourth-order valence-electron chi connectivity index (χ4n) is 1.34. The van der Waals surface area contributed by atoms with Crippen molar-refractivity contribution in [3.8, 4) is 5.88 Å². The maximum absolute atomic E-state index is 5.47. The molecule has 6 heteroatoms. The second kappa shape index (κ2) is 10.7. The Balaban J connectivity index is 2.09. The number of methoxy groups -OCH3 is 1. The maximum Gasteiger partial charge on any atom is 0.232 e. The molecule has 0 bridgehead atoms. The van der Waals surface area contributed by atoms with Crippen LogP contribution in [0.3, 0.4) is 0 Å². The second-order valence-electron chi connectivity index (χ2n) is 3.93. The number of aromatic nitrogens is 2. The van der Waals surface area contributed by atoms with Crippen molar-refractivity contribution in [2.75, 3.05) is 40.1 Å². The van der Waals surface area contributed by atoms with Crippen LogP contribution in [0.2, 0.25) is 0 Å². The topological polar surface area (TPSA) is 65.5 Å². The zero-order chi connectivity index (χ0) is 13.8. The first kappa shape index (κ1) is 15.8. The summed E-state index contributed by atoms with van der Waals surface area (Å²) in [7, 11) is 1.66. The van der Waals surface area contributed by atoms with Crippen LogP contribution in [0.15, 0.2) is 12.4 Å². The largest absolute Gasteiger partial charge is 0.476 e. The lowest BCUT2D eigenvalue weighted by Gasteiger charge is -2.06. The first-order chi connectivity index (χ1) is 9.36. The molecule has 0 aliphatic rings. The van der Waals surface area contributed by atoms with E-state index in [1.54, 1.807) is 19.5 Å². The van der Waals surface area contributed by atoms with Gasteiger partial charge in [0, 0.05) is 26.7 Å². The molecule has 108 valence electrons. The minimum atomic E-state index is 0.553. The molecule has 0 aliphatic heterocycles. The molecule has 0 saturated heterocycles. The van der Waals surface area contributed by atoms with E-state index in [-0.39, 0.29) is 0 Å². The zero-order valence-electron chi connectivity index (χ0n) is 11.7. The SMILES string of the molecule is CCNCc1cnc(OCCCOCCOC)cn1. The van der Waals surface area contributed by atoms with Crippen molar-refractivity contribution in [2.24, 2.45) is 0 Å². The first-order valence-electron chi connectivity index (χ1n) is 6.58. The molecule has 0 saturated carbocycles. The fraction of sp³-hybridized carbons (Fsp3) is 0.692. The van der Waals surface area contributed by atoms with Crippen LogP contribution in [-0.2, 0) is 16.0 Å². The molecule has 19 heavy (non-hydrogen) atoms. The molecule has 0 amide bonds. The van der Waals surface area contributed by atoms with Gasteiger partial charge in [0.25, 0.3) is 0 Å². The number of rotatable bonds is 11. The molecule has 0 radical (unpaired) electrons. The number of ether oxygens (including phenoxy) is 3. The van der Waals surface area contributed by atoms with Gasteiger partial charge in [-0.1, -0.05) is 6.92 Å². The first-order valence-corrected chi connectivity index (χ1v) is 6.58. The van der Waals surface area contributed by atoms with Crippen LogP contribution in [0.1, 0.15) is 19.0 Å². The van der Waals surface area contributed by atoms with Gasteiger partial charge in [-0.15, -0.1) is 0 Å². The number of nitrogens with zero attached hydrogens (tertiary/aromatic N) is 2. The van der Waals surface area contributed by atoms with Gasteiger partial charge in [-0.3, -0.25) is 4.98 Å². The highest BCUT2D eigenvalue weighted by molar-refractivity contribution is 5.06. The third-order valence-corrected chi connectivity index (χ3v) is 2.35. The van der Waals surface area contributed by atoms with Crippen LogP contribution in [0.25, 0.3) is 0 Å². The predicted molar refractivity (Wildman–Crippen MR) is 72.2 cm³/mol. The molecule has 0 unspecified atom stereocenters. The van der Waals surface area contributed by atoms with Crippen molar-refractivity contribution in [3.05, 3.63) is 18.1 Å². The van der Waals surface area contributed by atoms with Crippen LogP contribution in [0, 0.1) is 0 Å². The number of nitrogens with one attached hydrogen (secondary N) is 1. The van der Waals surface area contributed by atoms with Gasteiger partial charge in [0.15, 0.2) is 0 Å². The summed E-state index contributed by atoms with van der Waals surface area (Å²) in [5.41, 5.74) is 0.914. The van der Waals surface area contributed by atoms with E-state index in [9.17, 15) is 0 Å². The minimum absolute atomic E-state index is 0.553. The van der Waals surface area contributed by atoms with Gasteiger partial charge in [-0.05, 0) is 6.54 Å². The van der Waals surface area contributed by atoms with Gasteiger partial charge >= 0.3 is 0 Å². The van der Waals surface area contributed by atoms with Gasteiger partial charge in [0.1, 0.15) is 0 Å². The Hall–Kier alpha value is -1.24. The molecule has 1 aromatic heterocycles. The third-order valence-electron chi connectivity index (χ3n) is 2.35. The van der Waals surface area contributed by atoms with E-state index in [0.717, 1.165) is 25.2 Å². The highest BCUT2D eigenvalue weighted by Gasteiger charge is 1.98. The van der Waals surface area contributed by atoms with E-state index in [2.05, 4.69) is 22.2 Å². The Morgan fingerprint density at radius 3 is 2.68 bits per heavy atom. The lowest BCUT2D eigenvalue weighted by Crippen LogP contribution is -2.13. The van der Waals surface area contributed by atoms with Crippen LogP contribution < -0.4 is 10.1 Å². The summed E-state index contributed by atoms with van der Waals surface area (Å²) in [5.74, 6) is 0.553. The average Bonchev–Trinajstić information content (AvgIpc) is 2.45. The summed E-state index contributed by atoms with van der Waals surface area (Å²) in [6.45, 7) is 6.19. The molecule has 0 fully saturated rings. The second-order valence-corrected chi connectivity index (χ2v) is 3.93. The third kappa shape index (κ3) is 7.71. The van der Waals surface area contributed by atoms with E-state index in [1.165, 1.54) is 0 Å². The molecule has 1 aromatic rings. The summed E-state index contributed by atoms with van der Waals surface area (Å²) in [6, 6.07) is 0. The monoisotopic (exact) mass is 269 g/mol. The molecule has 0 aromatic carbocycles. The average molecular weight is 269 g/mol. The van der Waals surface area contributed by atoms with Gasteiger partial charge in [0.2, 0.25) is 5.88 Å². The van der Waals surface area contributed by atoms with Crippen molar-refractivity contribution in [2.45, 2.75) is 19.9 Å². The molecule has 6 nitrogen and oxygen atoms in total. The summed E-state index contributed by atoms with van der Waals surface area (Å²) in [6.07, 6.45) is 4.20. The number of hydrogen-bond acceptors (Lipinski definition) is 6. The van der Waals surface area contributed by atoms with E-state index in [0.29, 0.717) is 32.3 Å². The zero-order valence-corrected chi connectivity index (χ0v) is 11.7. The Labute approximate surface area is 114 Å². The lowest BCUT2D eigenvalue weighted by atomic mass is 10.4. The lowest BCUT2D eigenvalue weighted by molar-refractivity contribution is 0.0642. The number of hydrogen-bond donors (Lipinski definition) is 1. The minimum Gasteiger partial charge on any atom is -0.476 e. The van der Waals surface area contributed by atoms with Crippen molar-refractivity contribution in [1.82, 2.24) is 15.3 Å². The molecule has 1 rings (SSSR count). The summed E-state index contributed by atoms with van der Waals surface area (Å²) < 4.78 is 15.7. The fourth-order valence-corrected chi connectivity index (χ4v) is 1.34.